The van der Waals surface area contributed by atoms with Gasteiger partial charge in [0, 0.05) is 0 Å². The molecule has 0 amide bonds. The van der Waals surface area contributed by atoms with E-state index in [2.05, 4.69) is 6.08 Å². The van der Waals surface area contributed by atoms with Crippen molar-refractivity contribution in [1.29, 1.82) is 0 Å². The standard InChI is InChI=1S/C14H18O3/c1-7(2)5-10-6-11-12(9(4)8(10)3)14(16)17-13(11)15/h5,9,11-12H,6H2,1-4H3. The van der Waals surface area contributed by atoms with E-state index in [9.17, 15) is 9.59 Å². The molecule has 1 saturated heterocycles. The summed E-state index contributed by atoms with van der Waals surface area (Å²) in [5.41, 5.74) is 3.60. The number of hydrogen-bond acceptors (Lipinski definition) is 3. The highest BCUT2D eigenvalue weighted by molar-refractivity contribution is 5.97. The normalized spacial score (nSPS) is 32.4. The van der Waals surface area contributed by atoms with E-state index < -0.39 is 0 Å². The molecule has 17 heavy (non-hydrogen) atoms. The van der Waals surface area contributed by atoms with Crippen LogP contribution in [0.4, 0.5) is 0 Å². The first-order valence-corrected chi connectivity index (χ1v) is 6.02. The highest BCUT2D eigenvalue weighted by Gasteiger charge is 2.49. The smallest absolute Gasteiger partial charge is 0.318 e. The topological polar surface area (TPSA) is 43.4 Å². The van der Waals surface area contributed by atoms with E-state index in [1.54, 1.807) is 0 Å². The maximum atomic E-state index is 11.6. The molecule has 0 N–H and O–H groups in total. The van der Waals surface area contributed by atoms with Crippen molar-refractivity contribution < 1.29 is 14.3 Å². The van der Waals surface area contributed by atoms with Crippen molar-refractivity contribution in [3.05, 3.63) is 22.8 Å². The molecule has 0 saturated carbocycles. The Kier molecular flexibility index (Phi) is 2.94. The summed E-state index contributed by atoms with van der Waals surface area (Å²) in [4.78, 5) is 23.2. The van der Waals surface area contributed by atoms with Crippen molar-refractivity contribution in [2.24, 2.45) is 17.8 Å². The molecule has 1 heterocycles. The Morgan fingerprint density at radius 2 is 1.94 bits per heavy atom. The van der Waals surface area contributed by atoms with Gasteiger partial charge in [-0.3, -0.25) is 9.59 Å². The summed E-state index contributed by atoms with van der Waals surface area (Å²) < 4.78 is 4.76. The maximum Gasteiger partial charge on any atom is 0.318 e. The second-order valence-electron chi connectivity index (χ2n) is 5.30. The van der Waals surface area contributed by atoms with Crippen molar-refractivity contribution in [2.45, 2.75) is 34.1 Å². The molecule has 3 heteroatoms. The Bertz CT molecular complexity index is 438. The molecule has 2 rings (SSSR count). The van der Waals surface area contributed by atoms with Gasteiger partial charge in [-0.1, -0.05) is 24.1 Å². The molecule has 2 aliphatic rings. The van der Waals surface area contributed by atoms with Gasteiger partial charge in [0.25, 0.3) is 0 Å². The fourth-order valence-electron chi connectivity index (χ4n) is 2.80. The zero-order valence-electron chi connectivity index (χ0n) is 10.7. The quantitative estimate of drug-likeness (QED) is 0.517. The van der Waals surface area contributed by atoms with Crippen LogP contribution >= 0.6 is 0 Å². The molecule has 0 bridgehead atoms. The van der Waals surface area contributed by atoms with Crippen LogP contribution in [-0.2, 0) is 14.3 Å². The third kappa shape index (κ3) is 1.94. The van der Waals surface area contributed by atoms with Gasteiger partial charge in [0.05, 0.1) is 11.8 Å². The van der Waals surface area contributed by atoms with Gasteiger partial charge in [0.2, 0.25) is 0 Å². The first-order valence-electron chi connectivity index (χ1n) is 6.02. The van der Waals surface area contributed by atoms with Crippen molar-refractivity contribution in [3.8, 4) is 0 Å². The first kappa shape index (κ1) is 12.1. The van der Waals surface area contributed by atoms with Crippen molar-refractivity contribution >= 4 is 11.9 Å². The summed E-state index contributed by atoms with van der Waals surface area (Å²) in [6, 6.07) is 0. The highest BCUT2D eigenvalue weighted by Crippen LogP contribution is 2.43. The summed E-state index contributed by atoms with van der Waals surface area (Å²) in [6.45, 7) is 8.13. The average Bonchev–Trinajstić information content (AvgIpc) is 2.49. The summed E-state index contributed by atoms with van der Waals surface area (Å²) in [5, 5.41) is 0. The van der Waals surface area contributed by atoms with Crippen LogP contribution in [0.15, 0.2) is 22.8 Å². The van der Waals surface area contributed by atoms with Crippen LogP contribution in [0.5, 0.6) is 0 Å². The lowest BCUT2D eigenvalue weighted by Crippen LogP contribution is -2.30. The predicted octanol–water partition coefficient (Wildman–Crippen LogP) is 2.62. The monoisotopic (exact) mass is 234 g/mol. The Labute approximate surface area is 102 Å². The molecule has 3 nitrogen and oxygen atoms in total. The lowest BCUT2D eigenvalue weighted by Gasteiger charge is -2.29. The SMILES string of the molecule is CC(C)=CC1=C(C)C(C)C2C(=O)OC(=O)C2C1. The molecule has 0 aromatic heterocycles. The Hall–Kier alpha value is -1.38. The maximum absolute atomic E-state index is 11.6. The lowest BCUT2D eigenvalue weighted by molar-refractivity contribution is -0.154. The number of carbonyl (C=O) groups excluding carboxylic acids is 2. The van der Waals surface area contributed by atoms with Crippen LogP contribution in [0.3, 0.4) is 0 Å². The predicted molar refractivity (Wildman–Crippen MR) is 64.0 cm³/mol. The van der Waals surface area contributed by atoms with Gasteiger partial charge in [-0.25, -0.2) is 0 Å². The van der Waals surface area contributed by atoms with Gasteiger partial charge >= 0.3 is 11.9 Å². The van der Waals surface area contributed by atoms with Crippen LogP contribution in [0.25, 0.3) is 0 Å². The van der Waals surface area contributed by atoms with Gasteiger partial charge in [-0.2, -0.15) is 0 Å². The third-order valence-electron chi connectivity index (χ3n) is 3.84. The third-order valence-corrected chi connectivity index (χ3v) is 3.84. The molecular formula is C14H18O3. The second-order valence-corrected chi connectivity index (χ2v) is 5.30. The zero-order valence-corrected chi connectivity index (χ0v) is 10.7. The molecule has 3 unspecified atom stereocenters. The number of rotatable bonds is 1. The molecule has 0 radical (unpaired) electrons. The van der Waals surface area contributed by atoms with Crippen LogP contribution < -0.4 is 0 Å². The molecule has 1 aliphatic heterocycles. The number of ether oxygens (including phenoxy) is 1. The number of cyclic esters (lactones) is 2. The molecule has 92 valence electrons. The second kappa shape index (κ2) is 4.13. The number of fused-ring (bicyclic) bond motifs is 1. The first-order chi connectivity index (χ1) is 7.91. The van der Waals surface area contributed by atoms with E-state index in [1.165, 1.54) is 16.7 Å². The Balaban J connectivity index is 2.40. The van der Waals surface area contributed by atoms with Crippen LogP contribution in [-0.4, -0.2) is 11.9 Å². The fraction of sp³-hybridized carbons (Fsp3) is 0.571. The van der Waals surface area contributed by atoms with Crippen molar-refractivity contribution in [2.75, 3.05) is 0 Å². The van der Waals surface area contributed by atoms with Gasteiger partial charge in [-0.05, 0) is 38.7 Å². The number of esters is 2. The molecule has 1 aliphatic carbocycles. The zero-order chi connectivity index (χ0) is 12.7. The minimum atomic E-state index is -0.348. The number of hydrogen-bond donors (Lipinski definition) is 0. The summed E-state index contributed by atoms with van der Waals surface area (Å²) in [7, 11) is 0. The fourth-order valence-corrected chi connectivity index (χ4v) is 2.80. The van der Waals surface area contributed by atoms with Crippen molar-refractivity contribution in [1.82, 2.24) is 0 Å². The summed E-state index contributed by atoms with van der Waals surface area (Å²) in [6.07, 6.45) is 2.74. The van der Waals surface area contributed by atoms with Crippen LogP contribution in [0, 0.1) is 17.8 Å². The van der Waals surface area contributed by atoms with Gasteiger partial charge < -0.3 is 4.74 Å². The van der Waals surface area contributed by atoms with Gasteiger partial charge in [0.1, 0.15) is 0 Å². The minimum Gasteiger partial charge on any atom is -0.393 e. The van der Waals surface area contributed by atoms with E-state index in [0.29, 0.717) is 6.42 Å². The average molecular weight is 234 g/mol. The van der Waals surface area contributed by atoms with Crippen LogP contribution in [0.2, 0.25) is 0 Å². The van der Waals surface area contributed by atoms with E-state index in [4.69, 9.17) is 4.74 Å². The van der Waals surface area contributed by atoms with Crippen LogP contribution in [0.1, 0.15) is 34.1 Å². The molecule has 3 atom stereocenters. The Morgan fingerprint density at radius 3 is 2.53 bits per heavy atom. The van der Waals surface area contributed by atoms with E-state index >= 15 is 0 Å². The van der Waals surface area contributed by atoms with E-state index in [1.807, 2.05) is 27.7 Å². The van der Waals surface area contributed by atoms with E-state index in [-0.39, 0.29) is 29.7 Å². The minimum absolute atomic E-state index is 0.0956. The molecule has 0 aromatic carbocycles. The lowest BCUT2D eigenvalue weighted by atomic mass is 9.71. The molecule has 1 fully saturated rings. The van der Waals surface area contributed by atoms with E-state index in [0.717, 1.165) is 0 Å². The molecule has 0 spiro atoms. The number of allylic oxidation sites excluding steroid dienone is 4. The summed E-state index contributed by atoms with van der Waals surface area (Å²) in [5.74, 6) is -1.14. The number of carbonyl (C=O) groups is 2. The van der Waals surface area contributed by atoms with Gasteiger partial charge in [-0.15, -0.1) is 0 Å². The van der Waals surface area contributed by atoms with Crippen molar-refractivity contribution in [3.63, 3.8) is 0 Å². The molecular weight excluding hydrogens is 216 g/mol. The van der Waals surface area contributed by atoms with Gasteiger partial charge in [0.15, 0.2) is 0 Å². The Morgan fingerprint density at radius 1 is 1.29 bits per heavy atom. The summed E-state index contributed by atoms with van der Waals surface area (Å²) >= 11 is 0. The molecule has 0 aromatic rings. The highest BCUT2D eigenvalue weighted by atomic mass is 16.6. The largest absolute Gasteiger partial charge is 0.393 e.